The number of rotatable bonds is 10. The van der Waals surface area contributed by atoms with E-state index in [1.54, 1.807) is 30.5 Å². The minimum absolute atomic E-state index is 0.0116. The summed E-state index contributed by atoms with van der Waals surface area (Å²) in [5.74, 6) is 0. The summed E-state index contributed by atoms with van der Waals surface area (Å²) in [4.78, 5) is 36.5. The van der Waals surface area contributed by atoms with Crippen LogP contribution in [-0.4, -0.2) is 14.5 Å². The first kappa shape index (κ1) is 20.4. The number of aromatic nitrogens is 2. The van der Waals surface area contributed by atoms with Gasteiger partial charge in [-0.25, -0.2) is 4.79 Å². The van der Waals surface area contributed by atoms with E-state index in [9.17, 15) is 19.7 Å². The molecule has 7 heteroatoms. The van der Waals surface area contributed by atoms with Crippen LogP contribution in [0.2, 0.25) is 0 Å². The molecule has 0 atom stereocenters. The number of hydrogen-bond acceptors (Lipinski definition) is 4. The van der Waals surface area contributed by atoms with Gasteiger partial charge < -0.3 is 0 Å². The van der Waals surface area contributed by atoms with Gasteiger partial charge in [0.2, 0.25) is 0 Å². The number of H-pyrrole nitrogens is 1. The highest BCUT2D eigenvalue weighted by molar-refractivity contribution is 5.69. The van der Waals surface area contributed by atoms with Gasteiger partial charge in [-0.1, -0.05) is 45.1 Å². The first-order valence-electron chi connectivity index (χ1n) is 9.27. The molecule has 0 aliphatic heterocycles. The van der Waals surface area contributed by atoms with E-state index < -0.39 is 16.2 Å². The Morgan fingerprint density at radius 3 is 2.37 bits per heavy atom. The smallest absolute Gasteiger partial charge is 0.300 e. The topological polar surface area (TPSA) is 98.0 Å². The fourth-order valence-corrected chi connectivity index (χ4v) is 2.77. The number of non-ortho nitro benzene ring substituents is 1. The van der Waals surface area contributed by atoms with Crippen molar-refractivity contribution in [2.75, 3.05) is 0 Å². The van der Waals surface area contributed by atoms with Crippen molar-refractivity contribution < 1.29 is 4.92 Å². The predicted molar refractivity (Wildman–Crippen MR) is 107 cm³/mol. The van der Waals surface area contributed by atoms with Crippen LogP contribution in [-0.2, 0) is 6.54 Å². The van der Waals surface area contributed by atoms with Crippen LogP contribution >= 0.6 is 0 Å². The molecule has 2 aromatic rings. The van der Waals surface area contributed by atoms with Crippen molar-refractivity contribution >= 4 is 17.8 Å². The molecule has 0 saturated heterocycles. The van der Waals surface area contributed by atoms with Crippen LogP contribution < -0.4 is 11.2 Å². The molecule has 0 aliphatic carbocycles. The Kier molecular flexibility index (Phi) is 7.73. The van der Waals surface area contributed by atoms with Crippen molar-refractivity contribution in [2.24, 2.45) is 0 Å². The lowest BCUT2D eigenvalue weighted by Crippen LogP contribution is -2.30. The van der Waals surface area contributed by atoms with E-state index in [0.717, 1.165) is 24.8 Å². The van der Waals surface area contributed by atoms with E-state index in [0.29, 0.717) is 12.1 Å². The largest absolute Gasteiger partial charge is 0.328 e. The normalized spacial score (nSPS) is 11.1. The van der Waals surface area contributed by atoms with Gasteiger partial charge in [-0.3, -0.25) is 24.5 Å². The van der Waals surface area contributed by atoms with E-state index in [-0.39, 0.29) is 5.69 Å². The van der Waals surface area contributed by atoms with Crippen LogP contribution in [0.4, 0.5) is 5.69 Å². The van der Waals surface area contributed by atoms with Gasteiger partial charge in [0.05, 0.1) is 10.5 Å². The average Bonchev–Trinajstić information content (AvgIpc) is 2.65. The van der Waals surface area contributed by atoms with Crippen molar-refractivity contribution in [3.8, 4) is 0 Å². The van der Waals surface area contributed by atoms with Crippen molar-refractivity contribution in [2.45, 2.75) is 52.0 Å². The van der Waals surface area contributed by atoms with Gasteiger partial charge in [0.1, 0.15) is 0 Å². The Hall–Kier alpha value is -2.96. The van der Waals surface area contributed by atoms with Crippen LogP contribution in [0.3, 0.4) is 0 Å². The third-order valence-electron chi connectivity index (χ3n) is 4.35. The van der Waals surface area contributed by atoms with Gasteiger partial charge >= 0.3 is 5.69 Å². The zero-order chi connectivity index (χ0) is 19.6. The molecule has 1 aromatic carbocycles. The van der Waals surface area contributed by atoms with Crippen molar-refractivity contribution in [1.82, 2.24) is 9.55 Å². The second kappa shape index (κ2) is 10.3. The maximum absolute atomic E-state index is 12.0. The molecule has 7 nitrogen and oxygen atoms in total. The quantitative estimate of drug-likeness (QED) is 0.388. The van der Waals surface area contributed by atoms with Gasteiger partial charge in [-0.2, -0.15) is 0 Å². The lowest BCUT2D eigenvalue weighted by molar-refractivity contribution is -0.384. The predicted octanol–water partition coefficient (Wildman–Crippen LogP) is 3.98. The molecule has 0 spiro atoms. The van der Waals surface area contributed by atoms with Crippen molar-refractivity contribution in [3.63, 3.8) is 0 Å². The average molecular weight is 371 g/mol. The molecule has 1 heterocycles. The molecular formula is C20H25N3O4. The molecule has 1 aromatic heterocycles. The summed E-state index contributed by atoms with van der Waals surface area (Å²) >= 11 is 0. The van der Waals surface area contributed by atoms with Crippen LogP contribution in [0.15, 0.2) is 40.1 Å². The number of nitrogens with one attached hydrogen (secondary N) is 1. The Labute approximate surface area is 157 Å². The maximum Gasteiger partial charge on any atom is 0.328 e. The lowest BCUT2D eigenvalue weighted by atomic mass is 10.1. The molecule has 27 heavy (non-hydrogen) atoms. The summed E-state index contributed by atoms with van der Waals surface area (Å²) in [6.45, 7) is 2.74. The standard InChI is InChI=1S/C20H25N3O4/c1-2-3-4-5-6-7-14-22-15-17(19(24)21-20(22)25)11-8-16-9-12-18(13-10-16)23(26)27/h8-13,15H,2-7,14H2,1H3,(H,21,24,25)/b11-8+. The zero-order valence-corrected chi connectivity index (χ0v) is 15.5. The van der Waals surface area contributed by atoms with Gasteiger partial charge in [0.15, 0.2) is 0 Å². The SMILES string of the molecule is CCCCCCCCn1cc(/C=C/c2ccc([N+](=O)[O-])cc2)c(=O)[nH]c1=O. The zero-order valence-electron chi connectivity index (χ0n) is 15.5. The van der Waals surface area contributed by atoms with Gasteiger partial charge in [0, 0.05) is 24.9 Å². The molecule has 144 valence electrons. The van der Waals surface area contributed by atoms with Gasteiger partial charge in [0.25, 0.3) is 11.2 Å². The molecule has 1 N–H and O–H groups in total. The van der Waals surface area contributed by atoms with Crippen LogP contribution in [0, 0.1) is 10.1 Å². The number of unbranched alkanes of at least 4 members (excludes halogenated alkanes) is 5. The van der Waals surface area contributed by atoms with E-state index in [4.69, 9.17) is 0 Å². The van der Waals surface area contributed by atoms with Crippen molar-refractivity contribution in [1.29, 1.82) is 0 Å². The monoisotopic (exact) mass is 371 g/mol. The highest BCUT2D eigenvalue weighted by Gasteiger charge is 2.04. The van der Waals surface area contributed by atoms with Gasteiger partial charge in [-0.05, 0) is 30.2 Å². The summed E-state index contributed by atoms with van der Waals surface area (Å²) in [6.07, 6.45) is 11.6. The number of hydrogen-bond donors (Lipinski definition) is 1. The third kappa shape index (κ3) is 6.36. The number of benzene rings is 1. The molecule has 0 saturated carbocycles. The summed E-state index contributed by atoms with van der Waals surface area (Å²) in [5.41, 5.74) is 0.267. The van der Waals surface area contributed by atoms with E-state index in [2.05, 4.69) is 11.9 Å². The molecule has 0 bridgehead atoms. The van der Waals surface area contributed by atoms with Crippen LogP contribution in [0.1, 0.15) is 56.6 Å². The Morgan fingerprint density at radius 2 is 1.70 bits per heavy atom. The molecule has 0 unspecified atom stereocenters. The van der Waals surface area contributed by atoms with Gasteiger partial charge in [-0.15, -0.1) is 0 Å². The molecule has 0 radical (unpaired) electrons. The first-order valence-corrected chi connectivity index (χ1v) is 9.27. The number of nitro groups is 1. The highest BCUT2D eigenvalue weighted by atomic mass is 16.6. The summed E-state index contributed by atoms with van der Waals surface area (Å²) in [6, 6.07) is 6.02. The molecule has 0 aliphatic rings. The Bertz CT molecular complexity index is 895. The number of nitrogens with zero attached hydrogens (tertiary/aromatic N) is 2. The second-order valence-corrected chi connectivity index (χ2v) is 6.49. The molecule has 0 fully saturated rings. The fourth-order valence-electron chi connectivity index (χ4n) is 2.77. The van der Waals surface area contributed by atoms with Crippen molar-refractivity contribution in [3.05, 3.63) is 72.5 Å². The number of aryl methyl sites for hydroxylation is 1. The highest BCUT2D eigenvalue weighted by Crippen LogP contribution is 2.13. The molecule has 2 rings (SSSR count). The fraction of sp³-hybridized carbons (Fsp3) is 0.400. The van der Waals surface area contributed by atoms with E-state index in [1.807, 2.05) is 0 Å². The number of nitro benzene ring substituents is 1. The third-order valence-corrected chi connectivity index (χ3v) is 4.35. The summed E-state index contributed by atoms with van der Waals surface area (Å²) in [5, 5.41) is 10.7. The maximum atomic E-state index is 12.0. The molecule has 0 amide bonds. The lowest BCUT2D eigenvalue weighted by Gasteiger charge is -2.06. The Balaban J connectivity index is 2.04. The Morgan fingerprint density at radius 1 is 1.04 bits per heavy atom. The van der Waals surface area contributed by atoms with Crippen LogP contribution in [0.5, 0.6) is 0 Å². The number of aromatic amines is 1. The van der Waals surface area contributed by atoms with E-state index in [1.165, 1.54) is 36.0 Å². The minimum Gasteiger partial charge on any atom is -0.300 e. The summed E-state index contributed by atoms with van der Waals surface area (Å²) in [7, 11) is 0. The second-order valence-electron chi connectivity index (χ2n) is 6.49. The molecular weight excluding hydrogens is 346 g/mol. The van der Waals surface area contributed by atoms with Crippen LogP contribution in [0.25, 0.3) is 12.2 Å². The van der Waals surface area contributed by atoms with E-state index >= 15 is 0 Å². The minimum atomic E-state index is -0.462. The first-order chi connectivity index (χ1) is 13.0. The summed E-state index contributed by atoms with van der Waals surface area (Å²) < 4.78 is 1.52.